The van der Waals surface area contributed by atoms with Crippen molar-refractivity contribution in [1.82, 2.24) is 9.97 Å². The van der Waals surface area contributed by atoms with E-state index in [4.69, 9.17) is 4.74 Å². The van der Waals surface area contributed by atoms with E-state index >= 15 is 0 Å². The number of benzene rings is 1. The van der Waals surface area contributed by atoms with Crippen molar-refractivity contribution in [3.05, 3.63) is 54.1 Å². The highest BCUT2D eigenvalue weighted by molar-refractivity contribution is 5.37. The van der Waals surface area contributed by atoms with Crippen LogP contribution in [0.15, 0.2) is 42.9 Å². The minimum Gasteiger partial charge on any atom is -0.406 e. The molecule has 0 spiro atoms. The van der Waals surface area contributed by atoms with E-state index < -0.39 is 12.0 Å². The van der Waals surface area contributed by atoms with Crippen LogP contribution >= 0.6 is 0 Å². The smallest absolute Gasteiger partial charge is 0.406 e. The molecule has 1 heterocycles. The molecule has 1 saturated carbocycles. The largest absolute Gasteiger partial charge is 0.573 e. The Balaban J connectivity index is 2.00. The zero-order valence-electron chi connectivity index (χ0n) is 13.1. The summed E-state index contributed by atoms with van der Waals surface area (Å²) < 4.78 is 46.8. The molecule has 1 aromatic carbocycles. The molecule has 0 saturated heterocycles. The molecule has 7 heteroatoms. The lowest BCUT2D eigenvalue weighted by atomic mass is 9.68. The van der Waals surface area contributed by atoms with E-state index in [1.165, 1.54) is 12.1 Å². The molecule has 128 valence electrons. The number of rotatable bonds is 5. The molecule has 1 aliphatic carbocycles. The normalized spacial score (nSPS) is 17.8. The van der Waals surface area contributed by atoms with Crippen LogP contribution in [0.1, 0.15) is 30.5 Å². The molecule has 0 amide bonds. The summed E-state index contributed by atoms with van der Waals surface area (Å²) in [5.41, 5.74) is 0.579. The van der Waals surface area contributed by atoms with Crippen LogP contribution in [0, 0.1) is 5.92 Å². The van der Waals surface area contributed by atoms with Gasteiger partial charge < -0.3 is 9.47 Å². The monoisotopic (exact) mass is 338 g/mol. The summed E-state index contributed by atoms with van der Waals surface area (Å²) in [6.07, 6.45) is 3.11. The fourth-order valence-electron chi connectivity index (χ4n) is 3.19. The third kappa shape index (κ3) is 3.08. The Kier molecular flexibility index (Phi) is 4.45. The molecule has 1 fully saturated rings. The Morgan fingerprint density at radius 2 is 1.79 bits per heavy atom. The highest BCUT2D eigenvalue weighted by Crippen LogP contribution is 2.48. The van der Waals surface area contributed by atoms with Crippen LogP contribution in [0.4, 0.5) is 13.2 Å². The van der Waals surface area contributed by atoms with E-state index in [9.17, 15) is 13.2 Å². The summed E-state index contributed by atoms with van der Waals surface area (Å²) in [5, 5.41) is 0. The topological polar surface area (TPSA) is 44.2 Å². The minimum atomic E-state index is -4.71. The van der Waals surface area contributed by atoms with Crippen molar-refractivity contribution in [2.75, 3.05) is 7.11 Å². The predicted molar refractivity (Wildman–Crippen MR) is 80.3 cm³/mol. The SMILES string of the molecule is COC(c1ccc(OC(F)(F)F)cc1)(c1cnccn1)C1CCC1. The summed E-state index contributed by atoms with van der Waals surface area (Å²) in [4.78, 5) is 8.50. The summed E-state index contributed by atoms with van der Waals surface area (Å²) in [7, 11) is 1.59. The molecule has 1 atom stereocenters. The van der Waals surface area contributed by atoms with Gasteiger partial charge in [-0.25, -0.2) is 0 Å². The molecule has 0 aliphatic heterocycles. The van der Waals surface area contributed by atoms with Gasteiger partial charge in [0.15, 0.2) is 0 Å². The maximum atomic E-state index is 12.3. The lowest BCUT2D eigenvalue weighted by molar-refractivity contribution is -0.274. The average molecular weight is 338 g/mol. The van der Waals surface area contributed by atoms with Crippen molar-refractivity contribution in [3.63, 3.8) is 0 Å². The molecular formula is C17H17F3N2O2. The van der Waals surface area contributed by atoms with Crippen LogP contribution < -0.4 is 4.74 Å². The standard InChI is InChI=1S/C17H17F3N2O2/c1-23-16(12-3-2-4-12,15-11-21-9-10-22-15)13-5-7-14(8-6-13)24-17(18,19)20/h5-12H,2-4H2,1H3. The molecule has 0 N–H and O–H groups in total. The summed E-state index contributed by atoms with van der Waals surface area (Å²) >= 11 is 0. The molecule has 3 rings (SSSR count). The number of aromatic nitrogens is 2. The predicted octanol–water partition coefficient (Wildman–Crippen LogP) is 4.07. The Hall–Kier alpha value is -2.15. The minimum absolute atomic E-state index is 0.202. The van der Waals surface area contributed by atoms with Crippen LogP contribution in [0.2, 0.25) is 0 Å². The quantitative estimate of drug-likeness (QED) is 0.824. The highest BCUT2D eigenvalue weighted by Gasteiger charge is 2.46. The summed E-state index contributed by atoms with van der Waals surface area (Å²) in [6.45, 7) is 0. The van der Waals surface area contributed by atoms with Crippen molar-refractivity contribution in [2.24, 2.45) is 5.92 Å². The number of methoxy groups -OCH3 is 1. The summed E-state index contributed by atoms with van der Waals surface area (Å²) in [5.74, 6) is -0.0578. The van der Waals surface area contributed by atoms with Crippen LogP contribution in [-0.4, -0.2) is 23.4 Å². The Morgan fingerprint density at radius 1 is 1.08 bits per heavy atom. The van der Waals surface area contributed by atoms with E-state index in [-0.39, 0.29) is 11.7 Å². The second-order valence-electron chi connectivity index (χ2n) is 5.73. The van der Waals surface area contributed by atoms with Crippen molar-refractivity contribution in [1.29, 1.82) is 0 Å². The van der Waals surface area contributed by atoms with Gasteiger partial charge in [-0.05, 0) is 36.5 Å². The van der Waals surface area contributed by atoms with Gasteiger partial charge in [0.2, 0.25) is 0 Å². The Bertz CT molecular complexity index is 672. The second kappa shape index (κ2) is 6.39. The zero-order valence-corrected chi connectivity index (χ0v) is 13.1. The lowest BCUT2D eigenvalue weighted by Gasteiger charge is -2.44. The molecule has 1 aliphatic rings. The first-order valence-corrected chi connectivity index (χ1v) is 7.63. The van der Waals surface area contributed by atoms with E-state index in [1.54, 1.807) is 37.8 Å². The third-order valence-electron chi connectivity index (χ3n) is 4.46. The van der Waals surface area contributed by atoms with Crippen LogP contribution in [-0.2, 0) is 10.3 Å². The first-order valence-electron chi connectivity index (χ1n) is 7.63. The molecule has 2 aromatic rings. The summed E-state index contributed by atoms with van der Waals surface area (Å²) in [6, 6.07) is 5.78. The highest BCUT2D eigenvalue weighted by atomic mass is 19.4. The van der Waals surface area contributed by atoms with Gasteiger partial charge in [-0.3, -0.25) is 9.97 Å². The van der Waals surface area contributed by atoms with Crippen LogP contribution in [0.5, 0.6) is 5.75 Å². The first kappa shape index (κ1) is 16.7. The number of ether oxygens (including phenoxy) is 2. The number of hydrogen-bond acceptors (Lipinski definition) is 4. The average Bonchev–Trinajstić information content (AvgIpc) is 2.51. The first-order chi connectivity index (χ1) is 11.5. The van der Waals surface area contributed by atoms with Crippen molar-refractivity contribution >= 4 is 0 Å². The van der Waals surface area contributed by atoms with E-state index in [1.807, 2.05) is 0 Å². The van der Waals surface area contributed by atoms with E-state index in [0.29, 0.717) is 5.69 Å². The maximum absolute atomic E-state index is 12.3. The van der Waals surface area contributed by atoms with Gasteiger partial charge in [-0.15, -0.1) is 13.2 Å². The molecule has 24 heavy (non-hydrogen) atoms. The third-order valence-corrected chi connectivity index (χ3v) is 4.46. The fraction of sp³-hybridized carbons (Fsp3) is 0.412. The lowest BCUT2D eigenvalue weighted by Crippen LogP contribution is -2.42. The molecule has 0 radical (unpaired) electrons. The Labute approximate surface area is 137 Å². The van der Waals surface area contributed by atoms with Crippen molar-refractivity contribution in [2.45, 2.75) is 31.2 Å². The zero-order chi connectivity index (χ0) is 17.2. The van der Waals surface area contributed by atoms with Gasteiger partial charge in [0.25, 0.3) is 0 Å². The molecule has 1 unspecified atom stereocenters. The van der Waals surface area contributed by atoms with Gasteiger partial charge in [-0.2, -0.15) is 0 Å². The van der Waals surface area contributed by atoms with Crippen LogP contribution in [0.3, 0.4) is 0 Å². The van der Waals surface area contributed by atoms with E-state index in [2.05, 4.69) is 14.7 Å². The molecule has 1 aromatic heterocycles. The molecular weight excluding hydrogens is 321 g/mol. The molecule has 0 bridgehead atoms. The fourth-order valence-corrected chi connectivity index (χ4v) is 3.19. The van der Waals surface area contributed by atoms with Crippen LogP contribution in [0.25, 0.3) is 0 Å². The number of hydrogen-bond donors (Lipinski definition) is 0. The van der Waals surface area contributed by atoms with Gasteiger partial charge in [0, 0.05) is 19.5 Å². The molecule has 4 nitrogen and oxygen atoms in total. The maximum Gasteiger partial charge on any atom is 0.573 e. The van der Waals surface area contributed by atoms with Gasteiger partial charge in [0.05, 0.1) is 11.9 Å². The number of nitrogens with zero attached hydrogens (tertiary/aromatic N) is 2. The van der Waals surface area contributed by atoms with E-state index in [0.717, 1.165) is 24.8 Å². The van der Waals surface area contributed by atoms with Gasteiger partial charge >= 0.3 is 6.36 Å². The second-order valence-corrected chi connectivity index (χ2v) is 5.73. The van der Waals surface area contributed by atoms with Crippen molar-refractivity contribution < 1.29 is 22.6 Å². The number of alkyl halides is 3. The van der Waals surface area contributed by atoms with Gasteiger partial charge in [-0.1, -0.05) is 18.6 Å². The number of halogens is 3. The Morgan fingerprint density at radius 3 is 2.25 bits per heavy atom. The van der Waals surface area contributed by atoms with Gasteiger partial charge in [0.1, 0.15) is 11.4 Å². The van der Waals surface area contributed by atoms with Crippen molar-refractivity contribution in [3.8, 4) is 5.75 Å².